The van der Waals surface area contributed by atoms with E-state index in [9.17, 15) is 5.11 Å². The van der Waals surface area contributed by atoms with Crippen LogP contribution in [0.2, 0.25) is 0 Å². The van der Waals surface area contributed by atoms with Crippen LogP contribution in [0, 0.1) is 6.92 Å². The monoisotopic (exact) mass is 228 g/mol. The third-order valence-corrected chi connectivity index (χ3v) is 3.39. The smallest absolute Gasteiger partial charge is 0.119 e. The normalized spacial score (nSPS) is 10.9. The van der Waals surface area contributed by atoms with Gasteiger partial charge in [0.25, 0.3) is 0 Å². The molecule has 0 atom stereocenters. The van der Waals surface area contributed by atoms with Crippen molar-refractivity contribution in [3.05, 3.63) is 41.5 Å². The van der Waals surface area contributed by atoms with Gasteiger partial charge in [-0.2, -0.15) is 0 Å². The Hall–Kier alpha value is -1.50. The lowest BCUT2D eigenvalue weighted by Gasteiger charge is -2.07. The molecule has 90 valence electrons. The van der Waals surface area contributed by atoms with E-state index >= 15 is 0 Å². The molecule has 1 N–H and O–H groups in total. The van der Waals surface area contributed by atoms with E-state index in [0.717, 1.165) is 17.4 Å². The largest absolute Gasteiger partial charge is 0.508 e. The van der Waals surface area contributed by atoms with Crippen LogP contribution >= 0.6 is 0 Å². The van der Waals surface area contributed by atoms with Gasteiger partial charge in [0.2, 0.25) is 0 Å². The Morgan fingerprint density at radius 2 is 1.88 bits per heavy atom. The molecule has 0 radical (unpaired) electrons. The van der Waals surface area contributed by atoms with Crippen molar-refractivity contribution in [2.45, 2.75) is 39.5 Å². The van der Waals surface area contributed by atoms with Gasteiger partial charge < -0.3 is 5.11 Å². The molecule has 0 aliphatic carbocycles. The van der Waals surface area contributed by atoms with Crippen molar-refractivity contribution in [1.82, 2.24) is 0 Å². The number of phenolic OH excluding ortho intramolecular Hbond substituents is 1. The Kier molecular flexibility index (Phi) is 3.68. The molecule has 0 spiro atoms. The van der Waals surface area contributed by atoms with Crippen molar-refractivity contribution < 1.29 is 5.11 Å². The van der Waals surface area contributed by atoms with Gasteiger partial charge in [0.05, 0.1) is 0 Å². The van der Waals surface area contributed by atoms with Crippen LogP contribution in [-0.2, 0) is 6.42 Å². The molecule has 2 aromatic rings. The molecule has 0 aromatic heterocycles. The fourth-order valence-corrected chi connectivity index (χ4v) is 2.26. The third-order valence-electron chi connectivity index (χ3n) is 3.39. The third kappa shape index (κ3) is 2.60. The Morgan fingerprint density at radius 1 is 1.06 bits per heavy atom. The highest BCUT2D eigenvalue weighted by Gasteiger charge is 2.03. The summed E-state index contributed by atoms with van der Waals surface area (Å²) in [5, 5.41) is 12.0. The fraction of sp³-hybridized carbons (Fsp3) is 0.375. The van der Waals surface area contributed by atoms with E-state index in [4.69, 9.17) is 0 Å². The predicted molar refractivity (Wildman–Crippen MR) is 73.6 cm³/mol. The highest BCUT2D eigenvalue weighted by atomic mass is 16.3. The first-order valence-electron chi connectivity index (χ1n) is 6.43. The maximum atomic E-state index is 9.66. The van der Waals surface area contributed by atoms with Crippen LogP contribution in [0.1, 0.15) is 37.3 Å². The van der Waals surface area contributed by atoms with Gasteiger partial charge in [0, 0.05) is 0 Å². The number of benzene rings is 2. The van der Waals surface area contributed by atoms with Crippen molar-refractivity contribution in [2.75, 3.05) is 0 Å². The predicted octanol–water partition coefficient (Wildman–Crippen LogP) is 4.59. The topological polar surface area (TPSA) is 20.2 Å². The Labute approximate surface area is 103 Å². The van der Waals surface area contributed by atoms with Crippen LogP contribution < -0.4 is 0 Å². The molecule has 0 fully saturated rings. The Morgan fingerprint density at radius 3 is 2.65 bits per heavy atom. The standard InChI is InChI=1S/C16H20O/c1-3-4-5-6-13-7-9-15-12(2)16(17)10-8-14(15)11-13/h7-11,17H,3-6H2,1-2H3. The molecule has 1 nitrogen and oxygen atoms in total. The second-order valence-corrected chi connectivity index (χ2v) is 4.72. The Balaban J connectivity index is 2.29. The molecule has 0 heterocycles. The minimum absolute atomic E-state index is 0.385. The van der Waals surface area contributed by atoms with Crippen LogP contribution in [0.3, 0.4) is 0 Å². The lowest BCUT2D eigenvalue weighted by Crippen LogP contribution is -1.87. The summed E-state index contributed by atoms with van der Waals surface area (Å²) in [4.78, 5) is 0. The summed E-state index contributed by atoms with van der Waals surface area (Å²) in [5.74, 6) is 0.385. The van der Waals surface area contributed by atoms with Gasteiger partial charge in [0.1, 0.15) is 5.75 Å². The SMILES string of the molecule is CCCCCc1ccc2c(C)c(O)ccc2c1. The van der Waals surface area contributed by atoms with Gasteiger partial charge >= 0.3 is 0 Å². The molecule has 2 aromatic carbocycles. The quantitative estimate of drug-likeness (QED) is 0.759. The zero-order valence-electron chi connectivity index (χ0n) is 10.7. The number of aromatic hydroxyl groups is 1. The summed E-state index contributed by atoms with van der Waals surface area (Å²) < 4.78 is 0. The van der Waals surface area contributed by atoms with Gasteiger partial charge in [0.15, 0.2) is 0 Å². The van der Waals surface area contributed by atoms with Crippen molar-refractivity contribution in [1.29, 1.82) is 0 Å². The maximum absolute atomic E-state index is 9.66. The molecule has 0 saturated heterocycles. The second kappa shape index (κ2) is 5.22. The van der Waals surface area contributed by atoms with Crippen LogP contribution in [0.15, 0.2) is 30.3 Å². The first kappa shape index (κ1) is 12.0. The first-order chi connectivity index (χ1) is 8.22. The molecular weight excluding hydrogens is 208 g/mol. The number of hydrogen-bond donors (Lipinski definition) is 1. The molecule has 0 amide bonds. The molecular formula is C16H20O. The lowest BCUT2D eigenvalue weighted by atomic mass is 9.99. The zero-order chi connectivity index (χ0) is 12.3. The molecule has 0 aliphatic rings. The minimum atomic E-state index is 0.385. The maximum Gasteiger partial charge on any atom is 0.119 e. The average molecular weight is 228 g/mol. The molecule has 0 bridgehead atoms. The summed E-state index contributed by atoms with van der Waals surface area (Å²) >= 11 is 0. The lowest BCUT2D eigenvalue weighted by molar-refractivity contribution is 0.472. The summed E-state index contributed by atoms with van der Waals surface area (Å²) in [6.45, 7) is 4.20. The average Bonchev–Trinajstić information content (AvgIpc) is 2.34. The van der Waals surface area contributed by atoms with Gasteiger partial charge in [-0.25, -0.2) is 0 Å². The van der Waals surface area contributed by atoms with Crippen LogP contribution in [0.4, 0.5) is 0 Å². The van der Waals surface area contributed by atoms with E-state index in [1.807, 2.05) is 13.0 Å². The molecule has 1 heteroatoms. The number of phenols is 1. The van der Waals surface area contributed by atoms with Crippen LogP contribution in [0.5, 0.6) is 5.75 Å². The van der Waals surface area contributed by atoms with Gasteiger partial charge in [-0.15, -0.1) is 0 Å². The number of aryl methyl sites for hydroxylation is 2. The van der Waals surface area contributed by atoms with Gasteiger partial charge in [-0.1, -0.05) is 44.0 Å². The van der Waals surface area contributed by atoms with Crippen molar-refractivity contribution in [3.63, 3.8) is 0 Å². The molecule has 17 heavy (non-hydrogen) atoms. The molecule has 0 saturated carbocycles. The molecule has 0 unspecified atom stereocenters. The van der Waals surface area contributed by atoms with Gasteiger partial charge in [-0.05, 0) is 47.7 Å². The van der Waals surface area contributed by atoms with Gasteiger partial charge in [-0.3, -0.25) is 0 Å². The number of fused-ring (bicyclic) bond motifs is 1. The second-order valence-electron chi connectivity index (χ2n) is 4.72. The van der Waals surface area contributed by atoms with Crippen LogP contribution in [0.25, 0.3) is 10.8 Å². The van der Waals surface area contributed by atoms with Crippen molar-refractivity contribution in [2.24, 2.45) is 0 Å². The van der Waals surface area contributed by atoms with E-state index in [1.165, 1.54) is 30.2 Å². The molecule has 0 aliphatic heterocycles. The minimum Gasteiger partial charge on any atom is -0.508 e. The summed E-state index contributed by atoms with van der Waals surface area (Å²) in [6, 6.07) is 10.3. The van der Waals surface area contributed by atoms with Crippen molar-refractivity contribution in [3.8, 4) is 5.75 Å². The van der Waals surface area contributed by atoms with E-state index in [2.05, 4.69) is 25.1 Å². The fourth-order valence-electron chi connectivity index (χ4n) is 2.26. The zero-order valence-corrected chi connectivity index (χ0v) is 10.7. The first-order valence-corrected chi connectivity index (χ1v) is 6.43. The van der Waals surface area contributed by atoms with E-state index in [1.54, 1.807) is 6.07 Å². The van der Waals surface area contributed by atoms with Crippen LogP contribution in [-0.4, -0.2) is 5.11 Å². The van der Waals surface area contributed by atoms with E-state index in [-0.39, 0.29) is 0 Å². The summed E-state index contributed by atoms with van der Waals surface area (Å²) in [7, 11) is 0. The number of rotatable bonds is 4. The number of unbranched alkanes of at least 4 members (excludes halogenated alkanes) is 2. The molecule has 2 rings (SSSR count). The highest BCUT2D eigenvalue weighted by Crippen LogP contribution is 2.27. The summed E-state index contributed by atoms with van der Waals surface area (Å²) in [6.07, 6.45) is 4.98. The Bertz CT molecular complexity index is 514. The number of hydrogen-bond acceptors (Lipinski definition) is 1. The highest BCUT2D eigenvalue weighted by molar-refractivity contribution is 5.88. The summed E-state index contributed by atoms with van der Waals surface area (Å²) in [5.41, 5.74) is 2.37. The van der Waals surface area contributed by atoms with E-state index < -0.39 is 0 Å². The van der Waals surface area contributed by atoms with Crippen molar-refractivity contribution >= 4 is 10.8 Å². The van der Waals surface area contributed by atoms with E-state index in [0.29, 0.717) is 5.75 Å².